The van der Waals surface area contributed by atoms with Crippen molar-refractivity contribution < 1.29 is 13.5 Å². The molecule has 154 valence electrons. The molecule has 1 unspecified atom stereocenters. The number of benzene rings is 2. The van der Waals surface area contributed by atoms with Crippen molar-refractivity contribution in [3.8, 4) is 5.75 Å². The van der Waals surface area contributed by atoms with E-state index in [2.05, 4.69) is 15.6 Å². The van der Waals surface area contributed by atoms with Crippen LogP contribution in [0, 0.1) is 11.6 Å². The Bertz CT molecular complexity index is 766. The maximum absolute atomic E-state index is 14.2. The second-order valence-corrected chi connectivity index (χ2v) is 6.27. The van der Waals surface area contributed by atoms with Crippen LogP contribution >= 0.6 is 24.0 Å². The SMILES string of the molecule is CN=C(NCc1cccc(OC)c1)NCC(c1c(F)cccc1F)N(C)C.I. The van der Waals surface area contributed by atoms with Gasteiger partial charge in [0.2, 0.25) is 0 Å². The standard InChI is InChI=1S/C20H26F2N4O.HI/c1-23-20(24-12-14-7-5-8-15(11-14)27-4)25-13-18(26(2)3)19-16(21)9-6-10-17(19)22;/h5-11,18H,12-13H2,1-4H3,(H2,23,24,25);1H. The van der Waals surface area contributed by atoms with E-state index in [0.717, 1.165) is 11.3 Å². The van der Waals surface area contributed by atoms with Gasteiger partial charge in [-0.05, 0) is 43.9 Å². The van der Waals surface area contributed by atoms with Gasteiger partial charge in [0.25, 0.3) is 0 Å². The maximum atomic E-state index is 14.2. The van der Waals surface area contributed by atoms with E-state index in [1.807, 2.05) is 24.3 Å². The van der Waals surface area contributed by atoms with Gasteiger partial charge in [0.15, 0.2) is 5.96 Å². The highest BCUT2D eigenvalue weighted by Crippen LogP contribution is 2.23. The zero-order chi connectivity index (χ0) is 19.8. The van der Waals surface area contributed by atoms with Crippen LogP contribution in [0.25, 0.3) is 0 Å². The van der Waals surface area contributed by atoms with Gasteiger partial charge in [-0.15, -0.1) is 24.0 Å². The summed E-state index contributed by atoms with van der Waals surface area (Å²) in [6.07, 6.45) is 0. The average Bonchev–Trinajstić information content (AvgIpc) is 2.66. The third kappa shape index (κ3) is 6.59. The minimum Gasteiger partial charge on any atom is -0.497 e. The molecule has 0 saturated carbocycles. The lowest BCUT2D eigenvalue weighted by atomic mass is 10.0. The smallest absolute Gasteiger partial charge is 0.191 e. The van der Waals surface area contributed by atoms with Crippen LogP contribution < -0.4 is 15.4 Å². The first-order valence-electron chi connectivity index (χ1n) is 8.64. The van der Waals surface area contributed by atoms with E-state index in [9.17, 15) is 8.78 Å². The lowest BCUT2D eigenvalue weighted by Crippen LogP contribution is -2.41. The Labute approximate surface area is 182 Å². The number of methoxy groups -OCH3 is 1. The van der Waals surface area contributed by atoms with Crippen LogP contribution in [-0.2, 0) is 6.54 Å². The predicted octanol–water partition coefficient (Wildman–Crippen LogP) is 3.56. The van der Waals surface area contributed by atoms with Crippen LogP contribution in [0.5, 0.6) is 5.75 Å². The van der Waals surface area contributed by atoms with Crippen molar-refractivity contribution in [3.63, 3.8) is 0 Å². The van der Waals surface area contributed by atoms with Crippen molar-refractivity contribution in [1.29, 1.82) is 0 Å². The Balaban J connectivity index is 0.00000392. The van der Waals surface area contributed by atoms with Gasteiger partial charge < -0.3 is 20.3 Å². The molecular weight excluding hydrogens is 477 g/mol. The van der Waals surface area contributed by atoms with Crippen LogP contribution in [0.2, 0.25) is 0 Å². The molecule has 0 fully saturated rings. The van der Waals surface area contributed by atoms with Gasteiger partial charge in [-0.25, -0.2) is 8.78 Å². The van der Waals surface area contributed by atoms with Crippen molar-refractivity contribution in [2.75, 3.05) is 34.8 Å². The molecule has 0 saturated heterocycles. The lowest BCUT2D eigenvalue weighted by molar-refractivity contribution is 0.282. The highest BCUT2D eigenvalue weighted by molar-refractivity contribution is 14.0. The first-order chi connectivity index (χ1) is 13.0. The first kappa shape index (κ1) is 24.1. The second-order valence-electron chi connectivity index (χ2n) is 6.27. The number of hydrogen-bond donors (Lipinski definition) is 2. The monoisotopic (exact) mass is 504 g/mol. The second kappa shape index (κ2) is 11.8. The Morgan fingerprint density at radius 1 is 1.11 bits per heavy atom. The summed E-state index contributed by atoms with van der Waals surface area (Å²) in [5, 5.41) is 6.32. The minimum absolute atomic E-state index is 0. The molecule has 5 nitrogen and oxygen atoms in total. The van der Waals surface area contributed by atoms with Crippen LogP contribution in [0.15, 0.2) is 47.5 Å². The van der Waals surface area contributed by atoms with Crippen molar-refractivity contribution >= 4 is 29.9 Å². The molecule has 0 aromatic heterocycles. The summed E-state index contributed by atoms with van der Waals surface area (Å²) in [6, 6.07) is 11.1. The van der Waals surface area contributed by atoms with Crippen molar-refractivity contribution in [2.45, 2.75) is 12.6 Å². The number of rotatable bonds is 7. The van der Waals surface area contributed by atoms with Crippen molar-refractivity contribution in [2.24, 2.45) is 4.99 Å². The number of guanidine groups is 1. The van der Waals surface area contributed by atoms with Crippen LogP contribution in [0.1, 0.15) is 17.2 Å². The van der Waals surface area contributed by atoms with E-state index >= 15 is 0 Å². The number of hydrogen-bond acceptors (Lipinski definition) is 3. The molecule has 0 aliphatic carbocycles. The number of ether oxygens (including phenoxy) is 1. The fourth-order valence-corrected chi connectivity index (χ4v) is 2.75. The normalized spacial score (nSPS) is 12.3. The molecular formula is C20H27F2IN4O. The van der Waals surface area contributed by atoms with E-state index in [1.165, 1.54) is 18.2 Å². The van der Waals surface area contributed by atoms with Gasteiger partial charge in [-0.2, -0.15) is 0 Å². The van der Waals surface area contributed by atoms with Crippen LogP contribution in [0.4, 0.5) is 8.78 Å². The third-order valence-electron chi connectivity index (χ3n) is 4.24. The van der Waals surface area contributed by atoms with E-state index in [4.69, 9.17) is 4.74 Å². The molecule has 28 heavy (non-hydrogen) atoms. The zero-order valence-corrected chi connectivity index (χ0v) is 18.8. The fraction of sp³-hybridized carbons (Fsp3) is 0.350. The molecule has 0 bridgehead atoms. The molecule has 2 aromatic carbocycles. The maximum Gasteiger partial charge on any atom is 0.191 e. The van der Waals surface area contributed by atoms with Crippen LogP contribution in [-0.4, -0.2) is 45.7 Å². The molecule has 1 atom stereocenters. The van der Waals surface area contributed by atoms with Crippen LogP contribution in [0.3, 0.4) is 0 Å². The Morgan fingerprint density at radius 3 is 2.32 bits per heavy atom. The first-order valence-corrected chi connectivity index (χ1v) is 8.64. The highest BCUT2D eigenvalue weighted by Gasteiger charge is 2.22. The Hall–Kier alpha value is -1.94. The Morgan fingerprint density at radius 2 is 1.75 bits per heavy atom. The molecule has 2 N–H and O–H groups in total. The van der Waals surface area contributed by atoms with E-state index < -0.39 is 17.7 Å². The summed E-state index contributed by atoms with van der Waals surface area (Å²) in [6.45, 7) is 0.834. The molecule has 0 radical (unpaired) electrons. The van der Waals surface area contributed by atoms with Gasteiger partial charge in [-0.3, -0.25) is 4.99 Å². The quantitative estimate of drug-likeness (QED) is 0.344. The van der Waals surface area contributed by atoms with E-state index in [0.29, 0.717) is 19.0 Å². The summed E-state index contributed by atoms with van der Waals surface area (Å²) in [4.78, 5) is 5.94. The van der Waals surface area contributed by atoms with Crippen molar-refractivity contribution in [3.05, 3.63) is 65.2 Å². The summed E-state index contributed by atoms with van der Waals surface area (Å²) in [7, 11) is 6.83. The van der Waals surface area contributed by atoms with Gasteiger partial charge in [0.1, 0.15) is 17.4 Å². The molecule has 2 aromatic rings. The average molecular weight is 504 g/mol. The third-order valence-corrected chi connectivity index (χ3v) is 4.24. The highest BCUT2D eigenvalue weighted by atomic mass is 127. The molecule has 8 heteroatoms. The van der Waals surface area contributed by atoms with Gasteiger partial charge in [-0.1, -0.05) is 18.2 Å². The lowest BCUT2D eigenvalue weighted by Gasteiger charge is -2.26. The summed E-state index contributed by atoms with van der Waals surface area (Å²) >= 11 is 0. The van der Waals surface area contributed by atoms with E-state index in [1.54, 1.807) is 33.2 Å². The minimum atomic E-state index is -0.560. The molecule has 0 amide bonds. The molecule has 0 heterocycles. The largest absolute Gasteiger partial charge is 0.497 e. The fourth-order valence-electron chi connectivity index (χ4n) is 2.75. The molecule has 2 rings (SSSR count). The topological polar surface area (TPSA) is 48.9 Å². The predicted molar refractivity (Wildman–Crippen MR) is 119 cm³/mol. The summed E-state index contributed by atoms with van der Waals surface area (Å²) in [5.41, 5.74) is 1.07. The summed E-state index contributed by atoms with van der Waals surface area (Å²) in [5.74, 6) is 0.200. The number of nitrogens with one attached hydrogen (secondary N) is 2. The number of aliphatic imine (C=N–C) groups is 1. The van der Waals surface area contributed by atoms with Gasteiger partial charge >= 0.3 is 0 Å². The zero-order valence-electron chi connectivity index (χ0n) is 16.5. The number of nitrogens with zero attached hydrogens (tertiary/aromatic N) is 2. The molecule has 0 aliphatic rings. The molecule has 0 spiro atoms. The number of halogens is 3. The van der Waals surface area contributed by atoms with Crippen molar-refractivity contribution in [1.82, 2.24) is 15.5 Å². The summed E-state index contributed by atoms with van der Waals surface area (Å²) < 4.78 is 33.5. The molecule has 0 aliphatic heterocycles. The number of likely N-dealkylation sites (N-methyl/N-ethyl adjacent to an activating group) is 1. The van der Waals surface area contributed by atoms with E-state index in [-0.39, 0.29) is 29.5 Å². The van der Waals surface area contributed by atoms with Gasteiger partial charge in [0, 0.05) is 25.7 Å². The van der Waals surface area contributed by atoms with Gasteiger partial charge in [0.05, 0.1) is 13.2 Å². The Kier molecular flexibility index (Phi) is 10.2.